The molecule has 0 fully saturated rings. The number of hydrogen-bond acceptors (Lipinski definition) is 5. The molecule has 0 spiro atoms. The summed E-state index contributed by atoms with van der Waals surface area (Å²) in [6.45, 7) is 0.558. The Morgan fingerprint density at radius 3 is 2.60 bits per heavy atom. The fraction of sp³-hybridized carbons (Fsp3) is 0.222. The lowest BCUT2D eigenvalue weighted by Gasteiger charge is -2.03. The van der Waals surface area contributed by atoms with Crippen molar-refractivity contribution in [1.82, 2.24) is 20.2 Å². The van der Waals surface area contributed by atoms with Gasteiger partial charge in [0.1, 0.15) is 5.75 Å². The average molecular weight is 205 g/mol. The van der Waals surface area contributed by atoms with Gasteiger partial charge in [-0.25, -0.2) is 4.68 Å². The van der Waals surface area contributed by atoms with Crippen molar-refractivity contribution < 1.29 is 4.74 Å². The lowest BCUT2D eigenvalue weighted by molar-refractivity contribution is 0.414. The van der Waals surface area contributed by atoms with E-state index in [4.69, 9.17) is 10.5 Å². The van der Waals surface area contributed by atoms with Crippen LogP contribution in [0.5, 0.6) is 5.75 Å². The lowest BCUT2D eigenvalue weighted by atomic mass is 10.2. The summed E-state index contributed by atoms with van der Waals surface area (Å²) in [5.74, 6) is 1.13. The molecule has 6 heteroatoms. The lowest BCUT2D eigenvalue weighted by Crippen LogP contribution is -2.06. The van der Waals surface area contributed by atoms with Gasteiger partial charge in [-0.15, -0.1) is 0 Å². The minimum atomic E-state index is 0.311. The summed E-state index contributed by atoms with van der Waals surface area (Å²) in [6.07, 6.45) is 0. The van der Waals surface area contributed by atoms with E-state index in [1.165, 1.54) is 4.68 Å². The molecule has 1 heterocycles. The molecule has 2 rings (SSSR count). The number of tetrazole rings is 1. The Bertz CT molecular complexity index is 436. The fourth-order valence-electron chi connectivity index (χ4n) is 1.23. The van der Waals surface area contributed by atoms with Gasteiger partial charge < -0.3 is 10.5 Å². The first kappa shape index (κ1) is 9.45. The molecule has 2 aromatic rings. The largest absolute Gasteiger partial charge is 0.497 e. The van der Waals surface area contributed by atoms with E-state index in [0.29, 0.717) is 12.5 Å². The molecule has 6 nitrogen and oxygen atoms in total. The Balaban J connectivity index is 2.14. The van der Waals surface area contributed by atoms with Crippen molar-refractivity contribution in [2.24, 2.45) is 0 Å². The second kappa shape index (κ2) is 3.95. The molecule has 0 aliphatic rings. The number of hydrogen-bond donors (Lipinski definition) is 1. The zero-order valence-corrected chi connectivity index (χ0v) is 8.29. The molecule has 15 heavy (non-hydrogen) atoms. The maximum Gasteiger partial charge on any atom is 0.240 e. The molecule has 0 saturated heterocycles. The smallest absolute Gasteiger partial charge is 0.240 e. The van der Waals surface area contributed by atoms with Gasteiger partial charge in [0.2, 0.25) is 5.95 Å². The summed E-state index contributed by atoms with van der Waals surface area (Å²) in [7, 11) is 1.63. The van der Waals surface area contributed by atoms with Gasteiger partial charge >= 0.3 is 0 Å². The quantitative estimate of drug-likeness (QED) is 0.780. The van der Waals surface area contributed by atoms with Crippen molar-refractivity contribution in [3.8, 4) is 5.75 Å². The van der Waals surface area contributed by atoms with E-state index in [-0.39, 0.29) is 0 Å². The van der Waals surface area contributed by atoms with Crippen LogP contribution in [0.1, 0.15) is 5.56 Å². The third kappa shape index (κ3) is 2.04. The zero-order valence-electron chi connectivity index (χ0n) is 8.29. The van der Waals surface area contributed by atoms with Crippen molar-refractivity contribution >= 4 is 5.95 Å². The van der Waals surface area contributed by atoms with Crippen LogP contribution in [0, 0.1) is 0 Å². The van der Waals surface area contributed by atoms with Gasteiger partial charge in [-0.05, 0) is 28.1 Å². The highest BCUT2D eigenvalue weighted by atomic mass is 16.5. The Hall–Kier alpha value is -2.11. The molecule has 0 saturated carbocycles. The number of rotatable bonds is 3. The average Bonchev–Trinajstić information content (AvgIpc) is 2.66. The van der Waals surface area contributed by atoms with Crippen LogP contribution in [0.15, 0.2) is 24.3 Å². The predicted octanol–water partition coefficient (Wildman–Crippen LogP) is 0.312. The van der Waals surface area contributed by atoms with Crippen molar-refractivity contribution in [3.63, 3.8) is 0 Å². The first-order valence-corrected chi connectivity index (χ1v) is 4.44. The van der Waals surface area contributed by atoms with Crippen LogP contribution in [0.2, 0.25) is 0 Å². The van der Waals surface area contributed by atoms with Crippen LogP contribution in [0.3, 0.4) is 0 Å². The van der Waals surface area contributed by atoms with Gasteiger partial charge in [0, 0.05) is 0 Å². The highest BCUT2D eigenvalue weighted by Crippen LogP contribution is 2.12. The molecular formula is C9H11N5O. The second-order valence-electron chi connectivity index (χ2n) is 3.04. The van der Waals surface area contributed by atoms with Gasteiger partial charge in [-0.2, -0.15) is 0 Å². The van der Waals surface area contributed by atoms with E-state index in [1.807, 2.05) is 24.3 Å². The van der Waals surface area contributed by atoms with E-state index in [1.54, 1.807) is 7.11 Å². The number of ether oxygens (including phenoxy) is 1. The maximum atomic E-state index is 5.55. The molecule has 1 aromatic heterocycles. The van der Waals surface area contributed by atoms with Crippen LogP contribution >= 0.6 is 0 Å². The number of nitrogen functional groups attached to an aromatic ring is 1. The van der Waals surface area contributed by atoms with Crippen LogP contribution < -0.4 is 10.5 Å². The topological polar surface area (TPSA) is 78.8 Å². The van der Waals surface area contributed by atoms with E-state index in [0.717, 1.165) is 11.3 Å². The normalized spacial score (nSPS) is 10.2. The highest BCUT2D eigenvalue weighted by molar-refractivity contribution is 5.27. The SMILES string of the molecule is COc1ccc(Cn2nnnc2N)cc1. The molecule has 0 bridgehead atoms. The van der Waals surface area contributed by atoms with Gasteiger partial charge in [0.05, 0.1) is 13.7 Å². The van der Waals surface area contributed by atoms with Gasteiger partial charge in [-0.1, -0.05) is 17.2 Å². The van der Waals surface area contributed by atoms with Crippen LogP contribution in [0.25, 0.3) is 0 Å². The zero-order chi connectivity index (χ0) is 10.7. The molecule has 0 aliphatic carbocycles. The summed E-state index contributed by atoms with van der Waals surface area (Å²) in [6, 6.07) is 7.66. The maximum absolute atomic E-state index is 5.55. The standard InChI is InChI=1S/C9H11N5O/c1-15-8-4-2-7(3-5-8)6-14-9(10)11-12-13-14/h2-5H,6H2,1H3,(H2,10,11,13). The Kier molecular flexibility index (Phi) is 2.49. The van der Waals surface area contributed by atoms with Gasteiger partial charge in [0.25, 0.3) is 0 Å². The monoisotopic (exact) mass is 205 g/mol. The van der Waals surface area contributed by atoms with Crippen LogP contribution in [-0.4, -0.2) is 27.3 Å². The minimum Gasteiger partial charge on any atom is -0.497 e. The van der Waals surface area contributed by atoms with E-state index in [9.17, 15) is 0 Å². The summed E-state index contributed by atoms with van der Waals surface area (Å²) in [5, 5.41) is 10.8. The molecule has 0 aliphatic heterocycles. The Morgan fingerprint density at radius 1 is 1.33 bits per heavy atom. The highest BCUT2D eigenvalue weighted by Gasteiger charge is 2.01. The second-order valence-corrected chi connectivity index (χ2v) is 3.04. The Labute approximate surface area is 86.7 Å². The van der Waals surface area contributed by atoms with E-state index >= 15 is 0 Å². The van der Waals surface area contributed by atoms with Crippen molar-refractivity contribution in [1.29, 1.82) is 0 Å². The van der Waals surface area contributed by atoms with Crippen LogP contribution in [-0.2, 0) is 6.54 Å². The van der Waals surface area contributed by atoms with E-state index < -0.39 is 0 Å². The van der Waals surface area contributed by atoms with Crippen molar-refractivity contribution in [2.45, 2.75) is 6.54 Å². The summed E-state index contributed by atoms with van der Waals surface area (Å²) >= 11 is 0. The third-order valence-corrected chi connectivity index (χ3v) is 2.05. The molecule has 2 N–H and O–H groups in total. The van der Waals surface area contributed by atoms with Gasteiger partial charge in [-0.3, -0.25) is 0 Å². The number of nitrogens with two attached hydrogens (primary N) is 1. The number of nitrogens with zero attached hydrogens (tertiary/aromatic N) is 4. The van der Waals surface area contributed by atoms with Gasteiger partial charge in [0.15, 0.2) is 0 Å². The number of methoxy groups -OCH3 is 1. The van der Waals surface area contributed by atoms with Crippen molar-refractivity contribution in [2.75, 3.05) is 12.8 Å². The van der Waals surface area contributed by atoms with E-state index in [2.05, 4.69) is 15.5 Å². The molecule has 0 amide bonds. The molecule has 1 aromatic carbocycles. The predicted molar refractivity (Wildman–Crippen MR) is 54.3 cm³/mol. The van der Waals surface area contributed by atoms with Crippen molar-refractivity contribution in [3.05, 3.63) is 29.8 Å². The summed E-state index contributed by atoms with van der Waals surface area (Å²) in [5.41, 5.74) is 6.61. The summed E-state index contributed by atoms with van der Waals surface area (Å²) < 4.78 is 6.59. The number of aromatic nitrogens is 4. The third-order valence-electron chi connectivity index (χ3n) is 2.05. The molecular weight excluding hydrogens is 194 g/mol. The minimum absolute atomic E-state index is 0.311. The molecule has 0 atom stereocenters. The fourth-order valence-corrected chi connectivity index (χ4v) is 1.23. The first-order valence-electron chi connectivity index (χ1n) is 4.44. The molecule has 0 radical (unpaired) electrons. The molecule has 78 valence electrons. The Morgan fingerprint density at radius 2 is 2.07 bits per heavy atom. The summed E-state index contributed by atoms with van der Waals surface area (Å²) in [4.78, 5) is 0. The number of benzene rings is 1. The van der Waals surface area contributed by atoms with Crippen LogP contribution in [0.4, 0.5) is 5.95 Å². The number of anilines is 1. The molecule has 0 unspecified atom stereocenters. The first-order chi connectivity index (χ1) is 7.29.